The second kappa shape index (κ2) is 7.84. The van der Waals surface area contributed by atoms with Gasteiger partial charge >= 0.3 is 0 Å². The Balaban J connectivity index is 2.08. The molecule has 122 valence electrons. The molecule has 0 saturated carbocycles. The molecule has 0 aliphatic rings. The lowest BCUT2D eigenvalue weighted by Gasteiger charge is -2.08. The highest BCUT2D eigenvalue weighted by Gasteiger charge is 2.09. The quantitative estimate of drug-likeness (QED) is 0.649. The van der Waals surface area contributed by atoms with Crippen LogP contribution in [0.5, 0.6) is 5.75 Å². The average molecular weight is 321 g/mol. The number of methoxy groups -OCH3 is 1. The molecule has 0 aromatic heterocycles. The first-order valence-electron chi connectivity index (χ1n) is 7.43. The fraction of sp³-hybridized carbons (Fsp3) is 0.158. The van der Waals surface area contributed by atoms with E-state index in [2.05, 4.69) is 10.6 Å². The van der Waals surface area contributed by atoms with Gasteiger partial charge in [-0.05, 0) is 49.7 Å². The summed E-state index contributed by atoms with van der Waals surface area (Å²) >= 11 is 0. The second-order valence-electron chi connectivity index (χ2n) is 5.32. The number of nitrogens with one attached hydrogen (secondary N) is 2. The van der Waals surface area contributed by atoms with Gasteiger partial charge in [-0.15, -0.1) is 0 Å². The first kappa shape index (κ1) is 17.1. The summed E-state index contributed by atoms with van der Waals surface area (Å²) in [6, 6.07) is 14.7. The van der Waals surface area contributed by atoms with E-state index in [1.165, 1.54) is 6.20 Å². The summed E-state index contributed by atoms with van der Waals surface area (Å²) < 4.78 is 5.06. The maximum absolute atomic E-state index is 12.2. The molecule has 0 aliphatic heterocycles. The zero-order valence-electron chi connectivity index (χ0n) is 13.9. The molecule has 24 heavy (non-hydrogen) atoms. The van der Waals surface area contributed by atoms with Gasteiger partial charge in [0.15, 0.2) is 0 Å². The molecule has 2 rings (SSSR count). The van der Waals surface area contributed by atoms with E-state index in [0.717, 1.165) is 16.8 Å². The molecule has 2 N–H and O–H groups in total. The minimum absolute atomic E-state index is 0.00852. The minimum atomic E-state index is -0.472. The van der Waals surface area contributed by atoms with E-state index in [0.29, 0.717) is 11.4 Å². The van der Waals surface area contributed by atoms with Crippen molar-refractivity contribution in [1.82, 2.24) is 0 Å². The van der Waals surface area contributed by atoms with Crippen molar-refractivity contribution in [2.75, 3.05) is 17.7 Å². The number of rotatable bonds is 5. The number of hydrogen-bond acceptors (Lipinski definition) is 4. The first-order valence-corrected chi connectivity index (χ1v) is 7.43. The van der Waals surface area contributed by atoms with E-state index in [1.807, 2.05) is 38.1 Å². The van der Waals surface area contributed by atoms with Gasteiger partial charge in [-0.3, -0.25) is 4.79 Å². The number of carbonyl (C=O) groups is 1. The number of ether oxygens (including phenoxy) is 1. The molecule has 0 atom stereocenters. The van der Waals surface area contributed by atoms with Gasteiger partial charge in [0.1, 0.15) is 17.4 Å². The smallest absolute Gasteiger partial charge is 0.267 e. The second-order valence-corrected chi connectivity index (χ2v) is 5.32. The maximum atomic E-state index is 12.2. The normalized spacial score (nSPS) is 10.7. The van der Waals surface area contributed by atoms with Gasteiger partial charge in [0, 0.05) is 17.6 Å². The molecule has 1 amide bonds. The third-order valence-electron chi connectivity index (χ3n) is 3.47. The fourth-order valence-corrected chi connectivity index (χ4v) is 2.15. The van der Waals surface area contributed by atoms with Crippen molar-refractivity contribution in [3.05, 3.63) is 65.4 Å². The summed E-state index contributed by atoms with van der Waals surface area (Å²) in [5, 5.41) is 14.9. The van der Waals surface area contributed by atoms with Gasteiger partial charge in [-0.1, -0.05) is 17.7 Å². The van der Waals surface area contributed by atoms with E-state index in [1.54, 1.807) is 31.4 Å². The summed E-state index contributed by atoms with van der Waals surface area (Å²) in [4.78, 5) is 12.2. The van der Waals surface area contributed by atoms with Crippen molar-refractivity contribution in [2.24, 2.45) is 0 Å². The van der Waals surface area contributed by atoms with Crippen LogP contribution in [0.1, 0.15) is 11.1 Å². The lowest BCUT2D eigenvalue weighted by Crippen LogP contribution is -2.14. The van der Waals surface area contributed by atoms with Crippen molar-refractivity contribution in [3.63, 3.8) is 0 Å². The van der Waals surface area contributed by atoms with E-state index in [9.17, 15) is 10.1 Å². The molecule has 0 aliphatic carbocycles. The van der Waals surface area contributed by atoms with Gasteiger partial charge < -0.3 is 15.4 Å². The van der Waals surface area contributed by atoms with Crippen LogP contribution in [0.25, 0.3) is 0 Å². The lowest BCUT2D eigenvalue weighted by molar-refractivity contribution is -0.112. The van der Waals surface area contributed by atoms with Crippen LogP contribution >= 0.6 is 0 Å². The molecule has 2 aromatic rings. The van der Waals surface area contributed by atoms with Gasteiger partial charge in [0.2, 0.25) is 0 Å². The summed E-state index contributed by atoms with van der Waals surface area (Å²) in [7, 11) is 1.57. The zero-order valence-corrected chi connectivity index (χ0v) is 13.9. The Kier molecular flexibility index (Phi) is 5.58. The number of aryl methyl sites for hydroxylation is 2. The summed E-state index contributed by atoms with van der Waals surface area (Å²) in [6.45, 7) is 3.97. The summed E-state index contributed by atoms with van der Waals surface area (Å²) in [5.74, 6) is 0.223. The number of benzene rings is 2. The maximum Gasteiger partial charge on any atom is 0.267 e. The molecule has 5 heteroatoms. The van der Waals surface area contributed by atoms with Gasteiger partial charge in [-0.2, -0.15) is 5.26 Å². The van der Waals surface area contributed by atoms with Crippen LogP contribution in [0.3, 0.4) is 0 Å². The molecule has 0 spiro atoms. The number of nitrogens with zero attached hydrogens (tertiary/aromatic N) is 1. The molecule has 0 fully saturated rings. The lowest BCUT2D eigenvalue weighted by atomic mass is 10.1. The van der Waals surface area contributed by atoms with Gasteiger partial charge in [0.05, 0.1) is 7.11 Å². The van der Waals surface area contributed by atoms with Crippen LogP contribution in [-0.2, 0) is 4.79 Å². The molecule has 0 radical (unpaired) electrons. The Bertz CT molecular complexity index is 802. The molecule has 0 bridgehead atoms. The Labute approximate surface area is 141 Å². The highest BCUT2D eigenvalue weighted by Crippen LogP contribution is 2.17. The van der Waals surface area contributed by atoms with Crippen LogP contribution < -0.4 is 15.4 Å². The number of nitriles is 1. The molecule has 2 aromatic carbocycles. The zero-order chi connectivity index (χ0) is 17.5. The van der Waals surface area contributed by atoms with Crippen LogP contribution in [0.4, 0.5) is 11.4 Å². The van der Waals surface area contributed by atoms with E-state index >= 15 is 0 Å². The molecular weight excluding hydrogens is 302 g/mol. The Morgan fingerprint density at radius 1 is 1.17 bits per heavy atom. The summed E-state index contributed by atoms with van der Waals surface area (Å²) in [5.41, 5.74) is 3.63. The third-order valence-corrected chi connectivity index (χ3v) is 3.47. The van der Waals surface area contributed by atoms with Crippen molar-refractivity contribution in [3.8, 4) is 11.8 Å². The van der Waals surface area contributed by atoms with Crippen LogP contribution in [0.2, 0.25) is 0 Å². The SMILES string of the molecule is COc1ccc(NC(=O)/C(C#N)=C\Nc2ccc(C)cc2C)cc1. The fourth-order valence-electron chi connectivity index (χ4n) is 2.15. The van der Waals surface area contributed by atoms with Gasteiger partial charge in [-0.25, -0.2) is 0 Å². The number of carbonyl (C=O) groups excluding carboxylic acids is 1. The van der Waals surface area contributed by atoms with Crippen LogP contribution in [0.15, 0.2) is 54.2 Å². The number of anilines is 2. The molecule has 0 heterocycles. The molecule has 5 nitrogen and oxygen atoms in total. The third kappa shape index (κ3) is 4.37. The monoisotopic (exact) mass is 321 g/mol. The molecule has 0 saturated heterocycles. The van der Waals surface area contributed by atoms with Crippen LogP contribution in [0, 0.1) is 25.2 Å². The largest absolute Gasteiger partial charge is 0.497 e. The standard InChI is InChI=1S/C19H19N3O2/c1-13-4-9-18(14(2)10-13)21-12-15(11-20)19(23)22-16-5-7-17(24-3)8-6-16/h4-10,12,21H,1-3H3,(H,22,23)/b15-12-. The van der Waals surface area contributed by atoms with Crippen molar-refractivity contribution < 1.29 is 9.53 Å². The van der Waals surface area contributed by atoms with E-state index < -0.39 is 5.91 Å². The summed E-state index contributed by atoms with van der Waals surface area (Å²) in [6.07, 6.45) is 1.41. The highest BCUT2D eigenvalue weighted by atomic mass is 16.5. The number of hydrogen-bond donors (Lipinski definition) is 2. The van der Waals surface area contributed by atoms with Crippen molar-refractivity contribution in [2.45, 2.75) is 13.8 Å². The Morgan fingerprint density at radius 3 is 2.46 bits per heavy atom. The van der Waals surface area contributed by atoms with Crippen molar-refractivity contribution in [1.29, 1.82) is 5.26 Å². The van der Waals surface area contributed by atoms with Crippen LogP contribution in [-0.4, -0.2) is 13.0 Å². The topological polar surface area (TPSA) is 74.1 Å². The molecule has 0 unspecified atom stereocenters. The van der Waals surface area contributed by atoms with Gasteiger partial charge in [0.25, 0.3) is 5.91 Å². The Hall–Kier alpha value is -3.26. The predicted octanol–water partition coefficient (Wildman–Crippen LogP) is 3.77. The van der Waals surface area contributed by atoms with E-state index in [-0.39, 0.29) is 5.57 Å². The molecular formula is C19H19N3O2. The van der Waals surface area contributed by atoms with Crippen molar-refractivity contribution >= 4 is 17.3 Å². The van der Waals surface area contributed by atoms with E-state index in [4.69, 9.17) is 4.74 Å². The predicted molar refractivity (Wildman–Crippen MR) is 94.9 cm³/mol. The average Bonchev–Trinajstić information content (AvgIpc) is 2.57. The Morgan fingerprint density at radius 2 is 1.88 bits per heavy atom. The minimum Gasteiger partial charge on any atom is -0.497 e. The highest BCUT2D eigenvalue weighted by molar-refractivity contribution is 6.06. The number of amides is 1. The first-order chi connectivity index (χ1) is 11.5.